The van der Waals surface area contributed by atoms with Crippen molar-refractivity contribution in [3.05, 3.63) is 41.5 Å². The van der Waals surface area contributed by atoms with Crippen LogP contribution in [0.15, 0.2) is 30.3 Å². The summed E-state index contributed by atoms with van der Waals surface area (Å²) in [7, 11) is 0. The van der Waals surface area contributed by atoms with Crippen LogP contribution in [-0.4, -0.2) is 23.5 Å². The molecule has 0 saturated heterocycles. The second kappa shape index (κ2) is 6.48. The van der Waals surface area contributed by atoms with Gasteiger partial charge in [0.1, 0.15) is 0 Å². The van der Waals surface area contributed by atoms with Crippen molar-refractivity contribution in [2.75, 3.05) is 6.54 Å². The molecule has 1 aromatic carbocycles. The molecule has 0 bridgehead atoms. The third-order valence-corrected chi connectivity index (χ3v) is 2.19. The number of benzene rings is 1. The third kappa shape index (κ3) is 5.51. The normalized spacial score (nSPS) is 10.4. The van der Waals surface area contributed by atoms with Crippen molar-refractivity contribution < 1.29 is 14.7 Å². The predicted molar refractivity (Wildman–Crippen MR) is 65.5 cm³/mol. The van der Waals surface area contributed by atoms with Gasteiger partial charge in [0.2, 0.25) is 5.91 Å². The van der Waals surface area contributed by atoms with Crippen LogP contribution in [0.1, 0.15) is 18.1 Å². The fraction of sp³-hybridized carbons (Fsp3) is 0.231. The van der Waals surface area contributed by atoms with Crippen molar-refractivity contribution in [3.8, 4) is 0 Å². The molecule has 2 N–H and O–H groups in total. The summed E-state index contributed by atoms with van der Waals surface area (Å²) in [6, 6.07) is 7.54. The van der Waals surface area contributed by atoms with Crippen LogP contribution >= 0.6 is 0 Å². The van der Waals surface area contributed by atoms with Crippen molar-refractivity contribution in [2.24, 2.45) is 0 Å². The number of aliphatic carboxylic acids is 1. The van der Waals surface area contributed by atoms with Gasteiger partial charge in [-0.3, -0.25) is 4.79 Å². The quantitative estimate of drug-likeness (QED) is 0.757. The van der Waals surface area contributed by atoms with Gasteiger partial charge in [-0.2, -0.15) is 0 Å². The van der Waals surface area contributed by atoms with Crippen LogP contribution in [0.2, 0.25) is 0 Å². The van der Waals surface area contributed by atoms with E-state index in [1.54, 1.807) is 6.08 Å². The van der Waals surface area contributed by atoms with E-state index in [0.29, 0.717) is 6.54 Å². The van der Waals surface area contributed by atoms with Crippen molar-refractivity contribution in [2.45, 2.75) is 13.3 Å². The molecule has 0 radical (unpaired) electrons. The Morgan fingerprint density at radius 2 is 1.94 bits per heavy atom. The van der Waals surface area contributed by atoms with Gasteiger partial charge in [-0.1, -0.05) is 24.3 Å². The van der Waals surface area contributed by atoms with Gasteiger partial charge >= 0.3 is 5.97 Å². The summed E-state index contributed by atoms with van der Waals surface area (Å²) in [5, 5.41) is 11.2. The second-order valence-corrected chi connectivity index (χ2v) is 3.65. The van der Waals surface area contributed by atoms with E-state index in [0.717, 1.165) is 23.6 Å². The summed E-state index contributed by atoms with van der Waals surface area (Å²) in [5.41, 5.74) is 1.95. The van der Waals surface area contributed by atoms with E-state index >= 15 is 0 Å². The smallest absolute Gasteiger partial charge is 0.328 e. The largest absolute Gasteiger partial charge is 0.478 e. The third-order valence-electron chi connectivity index (χ3n) is 2.19. The summed E-state index contributed by atoms with van der Waals surface area (Å²) in [6.45, 7) is 2.10. The minimum absolute atomic E-state index is 0.0361. The molecular formula is C13H15NO3. The Morgan fingerprint density at radius 3 is 2.47 bits per heavy atom. The number of nitrogens with one attached hydrogen (secondary N) is 1. The van der Waals surface area contributed by atoms with E-state index < -0.39 is 5.97 Å². The Balaban J connectivity index is 2.50. The molecule has 0 aliphatic carbocycles. The second-order valence-electron chi connectivity index (χ2n) is 3.65. The standard InChI is InChI=1S/C13H15NO3/c1-10(15)14-9-8-12-4-2-11(3-5-12)6-7-13(16)17/h2-7H,8-9H2,1H3,(H,14,15)(H,16,17)/b7-6+. The molecule has 0 fully saturated rings. The van der Waals surface area contributed by atoms with Crippen LogP contribution in [0.3, 0.4) is 0 Å². The fourth-order valence-electron chi connectivity index (χ4n) is 1.35. The number of hydrogen-bond acceptors (Lipinski definition) is 2. The highest BCUT2D eigenvalue weighted by molar-refractivity contribution is 5.85. The van der Waals surface area contributed by atoms with Gasteiger partial charge in [0.15, 0.2) is 0 Å². The average Bonchev–Trinajstić information content (AvgIpc) is 2.27. The monoisotopic (exact) mass is 233 g/mol. The van der Waals surface area contributed by atoms with E-state index in [1.807, 2.05) is 24.3 Å². The Hall–Kier alpha value is -2.10. The molecule has 1 amide bonds. The van der Waals surface area contributed by atoms with E-state index in [-0.39, 0.29) is 5.91 Å². The number of rotatable bonds is 5. The number of amides is 1. The van der Waals surface area contributed by atoms with Gasteiger partial charge in [-0.25, -0.2) is 4.79 Å². The highest BCUT2D eigenvalue weighted by Gasteiger charge is 1.95. The zero-order valence-electron chi connectivity index (χ0n) is 9.64. The number of carbonyl (C=O) groups excluding carboxylic acids is 1. The van der Waals surface area contributed by atoms with E-state index in [4.69, 9.17) is 5.11 Å². The lowest BCUT2D eigenvalue weighted by Crippen LogP contribution is -2.22. The Morgan fingerprint density at radius 1 is 1.29 bits per heavy atom. The molecule has 0 atom stereocenters. The van der Waals surface area contributed by atoms with Gasteiger partial charge < -0.3 is 10.4 Å². The van der Waals surface area contributed by atoms with Gasteiger partial charge in [0.25, 0.3) is 0 Å². The van der Waals surface area contributed by atoms with Crippen molar-refractivity contribution in [1.29, 1.82) is 0 Å². The lowest BCUT2D eigenvalue weighted by molar-refractivity contribution is -0.131. The Labute approximate surface area is 100.0 Å². The van der Waals surface area contributed by atoms with Crippen molar-refractivity contribution in [3.63, 3.8) is 0 Å². The summed E-state index contributed by atoms with van der Waals surface area (Å²) in [6.07, 6.45) is 3.41. The first kappa shape index (κ1) is 13.0. The molecule has 17 heavy (non-hydrogen) atoms. The summed E-state index contributed by atoms with van der Waals surface area (Å²) < 4.78 is 0. The Kier molecular flexibility index (Phi) is 4.94. The highest BCUT2D eigenvalue weighted by atomic mass is 16.4. The molecule has 1 rings (SSSR count). The van der Waals surface area contributed by atoms with Crippen molar-refractivity contribution in [1.82, 2.24) is 5.32 Å². The summed E-state index contributed by atoms with van der Waals surface area (Å²) >= 11 is 0. The molecule has 4 heteroatoms. The average molecular weight is 233 g/mol. The molecule has 90 valence electrons. The van der Waals surface area contributed by atoms with Gasteiger partial charge in [-0.05, 0) is 23.6 Å². The molecule has 0 unspecified atom stereocenters. The van der Waals surface area contributed by atoms with Crippen LogP contribution in [0.5, 0.6) is 0 Å². The van der Waals surface area contributed by atoms with Crippen LogP contribution in [0, 0.1) is 0 Å². The van der Waals surface area contributed by atoms with Crippen molar-refractivity contribution >= 4 is 18.0 Å². The molecular weight excluding hydrogens is 218 g/mol. The Bertz CT molecular complexity index is 421. The van der Waals surface area contributed by atoms with E-state index in [2.05, 4.69) is 5.32 Å². The molecule has 0 aromatic heterocycles. The van der Waals surface area contributed by atoms with E-state index in [1.165, 1.54) is 6.92 Å². The van der Waals surface area contributed by atoms with E-state index in [9.17, 15) is 9.59 Å². The number of carbonyl (C=O) groups is 2. The zero-order chi connectivity index (χ0) is 12.7. The van der Waals surface area contributed by atoms with Crippen LogP contribution in [0.25, 0.3) is 6.08 Å². The lowest BCUT2D eigenvalue weighted by Gasteiger charge is -2.02. The minimum Gasteiger partial charge on any atom is -0.478 e. The number of carboxylic acid groups (broad SMARTS) is 1. The van der Waals surface area contributed by atoms with Gasteiger partial charge in [0, 0.05) is 19.5 Å². The molecule has 0 aliphatic rings. The molecule has 4 nitrogen and oxygen atoms in total. The van der Waals surface area contributed by atoms with Crippen LogP contribution in [0.4, 0.5) is 0 Å². The number of carboxylic acids is 1. The maximum absolute atomic E-state index is 10.7. The maximum Gasteiger partial charge on any atom is 0.328 e. The minimum atomic E-state index is -0.959. The molecule has 0 heterocycles. The van der Waals surface area contributed by atoms with Crippen LogP contribution in [-0.2, 0) is 16.0 Å². The SMILES string of the molecule is CC(=O)NCCc1ccc(/C=C/C(=O)O)cc1. The first-order chi connectivity index (χ1) is 8.08. The number of hydrogen-bond donors (Lipinski definition) is 2. The summed E-state index contributed by atoms with van der Waals surface area (Å²) in [4.78, 5) is 21.0. The van der Waals surface area contributed by atoms with Gasteiger partial charge in [0.05, 0.1) is 0 Å². The van der Waals surface area contributed by atoms with Gasteiger partial charge in [-0.15, -0.1) is 0 Å². The molecule has 0 saturated carbocycles. The molecule has 1 aromatic rings. The summed E-state index contributed by atoms with van der Waals surface area (Å²) in [5.74, 6) is -0.995. The van der Waals surface area contributed by atoms with Crippen LogP contribution < -0.4 is 5.32 Å². The topological polar surface area (TPSA) is 66.4 Å². The predicted octanol–water partition coefficient (Wildman–Crippen LogP) is 1.46. The maximum atomic E-state index is 10.7. The first-order valence-corrected chi connectivity index (χ1v) is 5.32. The highest BCUT2D eigenvalue weighted by Crippen LogP contribution is 2.06. The lowest BCUT2D eigenvalue weighted by atomic mass is 10.1. The molecule has 0 spiro atoms. The molecule has 0 aliphatic heterocycles. The first-order valence-electron chi connectivity index (χ1n) is 5.32. The zero-order valence-corrected chi connectivity index (χ0v) is 9.64. The fourth-order valence-corrected chi connectivity index (χ4v) is 1.35.